The maximum Gasteiger partial charge on any atom is 0.120 e. The molecule has 1 aromatic carbocycles. The lowest BCUT2D eigenvalue weighted by molar-refractivity contribution is 0.289. The van der Waals surface area contributed by atoms with Crippen molar-refractivity contribution in [2.45, 2.75) is 26.8 Å². The SMILES string of the molecule is CC(C)CCOc1ccc(CN)c(Cl)c1. The molecule has 0 fully saturated rings. The van der Waals surface area contributed by atoms with E-state index in [9.17, 15) is 0 Å². The molecule has 0 bridgehead atoms. The lowest BCUT2D eigenvalue weighted by Crippen LogP contribution is -2.02. The molecular weight excluding hydrogens is 210 g/mol. The second kappa shape index (κ2) is 5.99. The van der Waals surface area contributed by atoms with Crippen molar-refractivity contribution < 1.29 is 4.74 Å². The first-order valence-corrected chi connectivity index (χ1v) is 5.62. The number of hydrogen-bond donors (Lipinski definition) is 1. The summed E-state index contributed by atoms with van der Waals surface area (Å²) in [7, 11) is 0. The number of hydrogen-bond acceptors (Lipinski definition) is 2. The van der Waals surface area contributed by atoms with Crippen LogP contribution in [0, 0.1) is 5.92 Å². The first-order valence-electron chi connectivity index (χ1n) is 5.24. The fraction of sp³-hybridized carbons (Fsp3) is 0.500. The molecule has 2 nitrogen and oxygen atoms in total. The lowest BCUT2D eigenvalue weighted by Gasteiger charge is -2.09. The largest absolute Gasteiger partial charge is 0.494 e. The van der Waals surface area contributed by atoms with Gasteiger partial charge in [0.05, 0.1) is 6.61 Å². The molecule has 0 aliphatic heterocycles. The molecule has 0 aliphatic rings. The topological polar surface area (TPSA) is 35.2 Å². The van der Waals surface area contributed by atoms with Crippen molar-refractivity contribution >= 4 is 11.6 Å². The number of rotatable bonds is 5. The summed E-state index contributed by atoms with van der Waals surface area (Å²) in [6.45, 7) is 5.54. The van der Waals surface area contributed by atoms with Crippen molar-refractivity contribution in [2.75, 3.05) is 6.61 Å². The molecule has 2 N–H and O–H groups in total. The lowest BCUT2D eigenvalue weighted by atomic mass is 10.1. The van der Waals surface area contributed by atoms with Crippen LogP contribution in [0.3, 0.4) is 0 Å². The van der Waals surface area contributed by atoms with E-state index < -0.39 is 0 Å². The molecule has 84 valence electrons. The van der Waals surface area contributed by atoms with Gasteiger partial charge in [-0.2, -0.15) is 0 Å². The van der Waals surface area contributed by atoms with Crippen molar-refractivity contribution in [1.29, 1.82) is 0 Å². The Morgan fingerprint density at radius 3 is 2.67 bits per heavy atom. The zero-order valence-corrected chi connectivity index (χ0v) is 10.1. The molecule has 1 aromatic rings. The van der Waals surface area contributed by atoms with Crippen LogP contribution in [0.1, 0.15) is 25.8 Å². The molecule has 0 spiro atoms. The van der Waals surface area contributed by atoms with Gasteiger partial charge in [-0.1, -0.05) is 31.5 Å². The number of nitrogens with two attached hydrogens (primary N) is 1. The van der Waals surface area contributed by atoms with Gasteiger partial charge in [-0.3, -0.25) is 0 Å². The number of halogens is 1. The van der Waals surface area contributed by atoms with Crippen molar-refractivity contribution in [2.24, 2.45) is 11.7 Å². The summed E-state index contributed by atoms with van der Waals surface area (Å²) in [5.74, 6) is 1.47. The maximum absolute atomic E-state index is 6.01. The highest BCUT2D eigenvalue weighted by Crippen LogP contribution is 2.22. The van der Waals surface area contributed by atoms with Gasteiger partial charge in [0, 0.05) is 11.6 Å². The summed E-state index contributed by atoms with van der Waals surface area (Å²) in [6, 6.07) is 5.64. The minimum absolute atomic E-state index is 0.463. The standard InChI is InChI=1S/C12H18ClNO/c1-9(2)5-6-15-11-4-3-10(8-14)12(13)7-11/h3-4,7,9H,5-6,8,14H2,1-2H3. The molecule has 0 radical (unpaired) electrons. The zero-order chi connectivity index (χ0) is 11.3. The van der Waals surface area contributed by atoms with E-state index in [0.29, 0.717) is 17.5 Å². The molecule has 0 saturated heterocycles. The van der Waals surface area contributed by atoms with Crippen molar-refractivity contribution in [3.8, 4) is 5.75 Å². The van der Waals surface area contributed by atoms with Crippen LogP contribution in [0.15, 0.2) is 18.2 Å². The van der Waals surface area contributed by atoms with Crippen LogP contribution in [0.2, 0.25) is 5.02 Å². The van der Waals surface area contributed by atoms with Crippen LogP contribution in [0.4, 0.5) is 0 Å². The van der Waals surface area contributed by atoms with E-state index in [2.05, 4.69) is 13.8 Å². The normalized spacial score (nSPS) is 10.7. The maximum atomic E-state index is 6.01. The third-order valence-electron chi connectivity index (χ3n) is 2.21. The summed E-state index contributed by atoms with van der Waals surface area (Å²) in [4.78, 5) is 0. The Labute approximate surface area is 96.4 Å². The summed E-state index contributed by atoms with van der Waals surface area (Å²) in [6.07, 6.45) is 1.05. The second-order valence-corrected chi connectivity index (χ2v) is 4.40. The van der Waals surface area contributed by atoms with Crippen LogP contribution >= 0.6 is 11.6 Å². The Morgan fingerprint density at radius 2 is 2.13 bits per heavy atom. The Morgan fingerprint density at radius 1 is 1.40 bits per heavy atom. The molecule has 0 aromatic heterocycles. The van der Waals surface area contributed by atoms with Gasteiger partial charge in [0.2, 0.25) is 0 Å². The van der Waals surface area contributed by atoms with Crippen LogP contribution in [0.5, 0.6) is 5.75 Å². The first-order chi connectivity index (χ1) is 7.13. The average Bonchev–Trinajstić information content (AvgIpc) is 2.17. The van der Waals surface area contributed by atoms with Crippen molar-refractivity contribution in [3.05, 3.63) is 28.8 Å². The van der Waals surface area contributed by atoms with E-state index in [-0.39, 0.29) is 0 Å². The quantitative estimate of drug-likeness (QED) is 0.838. The Kier molecular flexibility index (Phi) is 4.92. The van der Waals surface area contributed by atoms with Crippen LogP contribution in [-0.4, -0.2) is 6.61 Å². The predicted octanol–water partition coefficient (Wildman–Crippen LogP) is 3.22. The van der Waals surface area contributed by atoms with Gasteiger partial charge in [-0.25, -0.2) is 0 Å². The van der Waals surface area contributed by atoms with Crippen LogP contribution in [0.25, 0.3) is 0 Å². The molecule has 0 atom stereocenters. The van der Waals surface area contributed by atoms with E-state index in [1.807, 2.05) is 18.2 Å². The first kappa shape index (κ1) is 12.3. The fourth-order valence-electron chi connectivity index (χ4n) is 1.20. The van der Waals surface area contributed by atoms with Crippen LogP contribution in [-0.2, 0) is 6.54 Å². The number of benzene rings is 1. The molecule has 1 rings (SSSR count). The predicted molar refractivity (Wildman–Crippen MR) is 64.3 cm³/mol. The van der Waals surface area contributed by atoms with Crippen molar-refractivity contribution in [1.82, 2.24) is 0 Å². The number of ether oxygens (including phenoxy) is 1. The van der Waals surface area contributed by atoms with E-state index >= 15 is 0 Å². The summed E-state index contributed by atoms with van der Waals surface area (Å²) < 4.78 is 5.57. The summed E-state index contributed by atoms with van der Waals surface area (Å²) in [5.41, 5.74) is 6.47. The smallest absolute Gasteiger partial charge is 0.120 e. The minimum atomic E-state index is 0.463. The van der Waals surface area contributed by atoms with E-state index in [1.54, 1.807) is 0 Å². The molecule has 0 unspecified atom stereocenters. The van der Waals surface area contributed by atoms with Crippen molar-refractivity contribution in [3.63, 3.8) is 0 Å². The van der Waals surface area contributed by atoms with Gasteiger partial charge in [-0.15, -0.1) is 0 Å². The molecule has 0 saturated carbocycles. The Bertz CT molecular complexity index is 312. The highest BCUT2D eigenvalue weighted by Gasteiger charge is 2.01. The second-order valence-electron chi connectivity index (χ2n) is 3.99. The van der Waals surface area contributed by atoms with Gasteiger partial charge in [0.1, 0.15) is 5.75 Å². The summed E-state index contributed by atoms with van der Waals surface area (Å²) in [5, 5.41) is 0.680. The van der Waals surface area contributed by atoms with E-state index in [4.69, 9.17) is 22.1 Å². The Balaban J connectivity index is 2.52. The van der Waals surface area contributed by atoms with E-state index in [1.165, 1.54) is 0 Å². The molecule has 3 heteroatoms. The van der Waals surface area contributed by atoms with E-state index in [0.717, 1.165) is 24.3 Å². The highest BCUT2D eigenvalue weighted by molar-refractivity contribution is 6.31. The van der Waals surface area contributed by atoms with Gasteiger partial charge >= 0.3 is 0 Å². The minimum Gasteiger partial charge on any atom is -0.494 e. The molecule has 15 heavy (non-hydrogen) atoms. The van der Waals surface area contributed by atoms with Gasteiger partial charge < -0.3 is 10.5 Å². The molecule has 0 heterocycles. The highest BCUT2D eigenvalue weighted by atomic mass is 35.5. The molecule has 0 amide bonds. The summed E-state index contributed by atoms with van der Waals surface area (Å²) >= 11 is 6.01. The monoisotopic (exact) mass is 227 g/mol. The van der Waals surface area contributed by atoms with Gasteiger partial charge in [0.25, 0.3) is 0 Å². The van der Waals surface area contributed by atoms with Gasteiger partial charge in [0.15, 0.2) is 0 Å². The van der Waals surface area contributed by atoms with Gasteiger partial charge in [-0.05, 0) is 30.0 Å². The Hall–Kier alpha value is -0.730. The fourth-order valence-corrected chi connectivity index (χ4v) is 1.44. The average molecular weight is 228 g/mol. The third kappa shape index (κ3) is 4.10. The third-order valence-corrected chi connectivity index (χ3v) is 2.56. The zero-order valence-electron chi connectivity index (χ0n) is 9.29. The van der Waals surface area contributed by atoms with Crippen LogP contribution < -0.4 is 10.5 Å². The molecule has 0 aliphatic carbocycles. The molecular formula is C12H18ClNO.